The Hall–Kier alpha value is -1.56. The molecule has 5 nitrogen and oxygen atoms in total. The van der Waals surface area contributed by atoms with Crippen LogP contribution >= 0.6 is 0 Å². The van der Waals surface area contributed by atoms with Gasteiger partial charge in [-0.1, -0.05) is 6.07 Å². The first-order valence-corrected chi connectivity index (χ1v) is 8.44. The van der Waals surface area contributed by atoms with E-state index in [-0.39, 0.29) is 18.2 Å². The molecule has 0 saturated carbocycles. The molecule has 0 spiro atoms. The van der Waals surface area contributed by atoms with Crippen LogP contribution in [0, 0.1) is 6.92 Å². The van der Waals surface area contributed by atoms with Gasteiger partial charge in [0.05, 0.1) is 16.6 Å². The lowest BCUT2D eigenvalue weighted by Crippen LogP contribution is -2.34. The van der Waals surface area contributed by atoms with E-state index >= 15 is 0 Å². The highest BCUT2D eigenvalue weighted by Crippen LogP contribution is 2.20. The molecule has 1 aromatic rings. The van der Waals surface area contributed by atoms with Gasteiger partial charge in [0.15, 0.2) is 9.84 Å². The molecule has 2 rings (SSSR count). The molecule has 1 unspecified atom stereocenters. The molecule has 1 aliphatic rings. The standard InChI is InChI=1S/C14H20N2O3S/c1-10-5-6-12(13(8-10)15-2)14(17)16-9-11-4-3-7-20(11,18)19/h5-6,8,11,15H,3-4,7,9H2,1-2H3,(H,16,17). The Labute approximate surface area is 119 Å². The van der Waals surface area contributed by atoms with Crippen molar-refractivity contribution in [3.05, 3.63) is 29.3 Å². The minimum Gasteiger partial charge on any atom is -0.387 e. The van der Waals surface area contributed by atoms with Crippen LogP contribution in [0.3, 0.4) is 0 Å². The molecule has 1 aliphatic heterocycles. The summed E-state index contributed by atoms with van der Waals surface area (Å²) >= 11 is 0. The van der Waals surface area contributed by atoms with Crippen LogP contribution in [0.5, 0.6) is 0 Å². The zero-order chi connectivity index (χ0) is 14.8. The SMILES string of the molecule is CNc1cc(C)ccc1C(=O)NCC1CCCS1(=O)=O. The van der Waals surface area contributed by atoms with Crippen LogP contribution in [0.1, 0.15) is 28.8 Å². The Kier molecular flexibility index (Phi) is 4.32. The lowest BCUT2D eigenvalue weighted by molar-refractivity contribution is 0.0954. The maximum absolute atomic E-state index is 12.2. The van der Waals surface area contributed by atoms with Gasteiger partial charge < -0.3 is 10.6 Å². The molecule has 1 saturated heterocycles. The van der Waals surface area contributed by atoms with E-state index in [1.54, 1.807) is 13.1 Å². The number of rotatable bonds is 4. The highest BCUT2D eigenvalue weighted by atomic mass is 32.2. The Bertz CT molecular complexity index is 611. The zero-order valence-electron chi connectivity index (χ0n) is 11.8. The van der Waals surface area contributed by atoms with Crippen LogP contribution in [0.15, 0.2) is 18.2 Å². The van der Waals surface area contributed by atoms with Gasteiger partial charge in [0.2, 0.25) is 0 Å². The summed E-state index contributed by atoms with van der Waals surface area (Å²) in [6.07, 6.45) is 1.32. The van der Waals surface area contributed by atoms with E-state index in [0.717, 1.165) is 11.3 Å². The zero-order valence-corrected chi connectivity index (χ0v) is 12.6. The molecule has 0 bridgehead atoms. The summed E-state index contributed by atoms with van der Waals surface area (Å²) in [5.74, 6) is -0.00345. The molecule has 1 heterocycles. The van der Waals surface area contributed by atoms with Crippen LogP contribution in [0.4, 0.5) is 5.69 Å². The Morgan fingerprint density at radius 3 is 2.75 bits per heavy atom. The van der Waals surface area contributed by atoms with Gasteiger partial charge in [0.25, 0.3) is 5.91 Å². The fourth-order valence-corrected chi connectivity index (χ4v) is 4.22. The summed E-state index contributed by atoms with van der Waals surface area (Å²) in [4.78, 5) is 12.2. The van der Waals surface area contributed by atoms with Gasteiger partial charge in [0, 0.05) is 19.3 Å². The number of hydrogen-bond acceptors (Lipinski definition) is 4. The fourth-order valence-electron chi connectivity index (χ4n) is 2.45. The van der Waals surface area contributed by atoms with Gasteiger partial charge in [-0.3, -0.25) is 4.79 Å². The Balaban J connectivity index is 2.06. The third kappa shape index (κ3) is 3.12. The van der Waals surface area contributed by atoms with Crippen LogP contribution in [-0.4, -0.2) is 38.9 Å². The van der Waals surface area contributed by atoms with E-state index in [1.807, 2.05) is 19.1 Å². The highest BCUT2D eigenvalue weighted by Gasteiger charge is 2.31. The quantitative estimate of drug-likeness (QED) is 0.879. The van der Waals surface area contributed by atoms with Crippen molar-refractivity contribution in [1.29, 1.82) is 0 Å². The number of nitrogens with one attached hydrogen (secondary N) is 2. The molecule has 0 aromatic heterocycles. The number of anilines is 1. The Morgan fingerprint density at radius 2 is 2.15 bits per heavy atom. The van der Waals surface area contributed by atoms with Crippen molar-refractivity contribution in [3.63, 3.8) is 0 Å². The lowest BCUT2D eigenvalue weighted by Gasteiger charge is -2.13. The van der Waals surface area contributed by atoms with Crippen molar-refractivity contribution in [2.45, 2.75) is 25.0 Å². The van der Waals surface area contributed by atoms with E-state index < -0.39 is 15.1 Å². The summed E-state index contributed by atoms with van der Waals surface area (Å²) in [5.41, 5.74) is 2.34. The van der Waals surface area contributed by atoms with Crippen LogP contribution in [-0.2, 0) is 9.84 Å². The maximum atomic E-state index is 12.2. The molecule has 0 radical (unpaired) electrons. The van der Waals surface area contributed by atoms with Crippen molar-refractivity contribution in [1.82, 2.24) is 5.32 Å². The fraction of sp³-hybridized carbons (Fsp3) is 0.500. The number of benzene rings is 1. The second-order valence-electron chi connectivity index (χ2n) is 5.14. The summed E-state index contributed by atoms with van der Waals surface area (Å²) in [6.45, 7) is 2.14. The molecular weight excluding hydrogens is 276 g/mol. The van der Waals surface area contributed by atoms with Gasteiger partial charge in [-0.05, 0) is 37.5 Å². The highest BCUT2D eigenvalue weighted by molar-refractivity contribution is 7.92. The lowest BCUT2D eigenvalue weighted by atomic mass is 10.1. The molecule has 2 N–H and O–H groups in total. The van der Waals surface area contributed by atoms with Crippen LogP contribution in [0.2, 0.25) is 0 Å². The molecule has 1 amide bonds. The first-order valence-electron chi connectivity index (χ1n) is 6.72. The normalized spacial score (nSPS) is 20.6. The van der Waals surface area contributed by atoms with Gasteiger partial charge in [-0.25, -0.2) is 8.42 Å². The molecule has 6 heteroatoms. The molecule has 110 valence electrons. The van der Waals surface area contributed by atoms with Crippen molar-refractivity contribution in [2.75, 3.05) is 24.7 Å². The second kappa shape index (κ2) is 5.83. The summed E-state index contributed by atoms with van der Waals surface area (Å²) in [7, 11) is -1.26. The van der Waals surface area contributed by atoms with E-state index in [2.05, 4.69) is 10.6 Å². The maximum Gasteiger partial charge on any atom is 0.253 e. The van der Waals surface area contributed by atoms with Gasteiger partial charge in [-0.2, -0.15) is 0 Å². The Morgan fingerprint density at radius 1 is 1.40 bits per heavy atom. The molecular formula is C14H20N2O3S. The smallest absolute Gasteiger partial charge is 0.253 e. The minimum absolute atomic E-state index is 0.193. The number of aryl methyl sites for hydroxylation is 1. The average Bonchev–Trinajstić information content (AvgIpc) is 2.74. The molecule has 1 fully saturated rings. The number of sulfone groups is 1. The van der Waals surface area contributed by atoms with Gasteiger partial charge in [0.1, 0.15) is 0 Å². The number of hydrogen-bond donors (Lipinski definition) is 2. The predicted molar refractivity (Wildman–Crippen MR) is 79.9 cm³/mol. The molecule has 20 heavy (non-hydrogen) atoms. The first-order chi connectivity index (χ1) is 9.44. The van der Waals surface area contributed by atoms with Crippen LogP contribution in [0.25, 0.3) is 0 Å². The van der Waals surface area contributed by atoms with E-state index in [1.165, 1.54) is 0 Å². The number of carbonyl (C=O) groups excluding carboxylic acids is 1. The molecule has 1 atom stereocenters. The molecule has 1 aromatic carbocycles. The van der Waals surface area contributed by atoms with Gasteiger partial charge in [-0.15, -0.1) is 0 Å². The van der Waals surface area contributed by atoms with E-state index in [4.69, 9.17) is 0 Å². The topological polar surface area (TPSA) is 75.3 Å². The summed E-state index contributed by atoms with van der Waals surface area (Å²) in [5, 5.41) is 5.28. The minimum atomic E-state index is -3.02. The number of amides is 1. The number of carbonyl (C=O) groups is 1. The first kappa shape index (κ1) is 14.8. The van der Waals surface area contributed by atoms with Crippen molar-refractivity contribution in [3.8, 4) is 0 Å². The summed E-state index contributed by atoms with van der Waals surface area (Å²) < 4.78 is 23.4. The van der Waals surface area contributed by atoms with E-state index in [0.29, 0.717) is 18.4 Å². The van der Waals surface area contributed by atoms with Crippen molar-refractivity contribution < 1.29 is 13.2 Å². The third-order valence-electron chi connectivity index (χ3n) is 3.64. The average molecular weight is 296 g/mol. The largest absolute Gasteiger partial charge is 0.387 e. The second-order valence-corrected chi connectivity index (χ2v) is 7.54. The monoisotopic (exact) mass is 296 g/mol. The predicted octanol–water partition coefficient (Wildman–Crippen LogP) is 1.34. The van der Waals surface area contributed by atoms with Gasteiger partial charge >= 0.3 is 0 Å². The molecule has 0 aliphatic carbocycles. The van der Waals surface area contributed by atoms with E-state index in [9.17, 15) is 13.2 Å². The van der Waals surface area contributed by atoms with Crippen molar-refractivity contribution >= 4 is 21.4 Å². The van der Waals surface area contributed by atoms with Crippen LogP contribution < -0.4 is 10.6 Å². The summed E-state index contributed by atoms with van der Waals surface area (Å²) in [6, 6.07) is 5.50. The third-order valence-corrected chi connectivity index (χ3v) is 5.92. The van der Waals surface area contributed by atoms with Crippen molar-refractivity contribution in [2.24, 2.45) is 0 Å².